The van der Waals surface area contributed by atoms with Crippen LogP contribution in [0.2, 0.25) is 0 Å². The molecule has 0 radical (unpaired) electrons. The fraction of sp³-hybridized carbons (Fsp3) is 0.171. The number of nitrogens with one attached hydrogen (secondary N) is 1. The minimum Gasteiger partial charge on any atom is -0.493 e. The number of anilines is 1. The first-order chi connectivity index (χ1) is 20.5. The van der Waals surface area contributed by atoms with Gasteiger partial charge in [-0.25, -0.2) is 9.78 Å². The summed E-state index contributed by atoms with van der Waals surface area (Å²) >= 11 is 0. The molecular weight excluding hydrogens is 528 g/mol. The topological polar surface area (TPSA) is 90.7 Å². The molecule has 1 aromatic heterocycles. The molecule has 5 rings (SSSR count). The summed E-state index contributed by atoms with van der Waals surface area (Å²) in [5.74, 6) is 1.55. The number of esters is 1. The van der Waals surface area contributed by atoms with Gasteiger partial charge in [0.25, 0.3) is 0 Å². The van der Waals surface area contributed by atoms with Crippen LogP contribution in [-0.4, -0.2) is 36.5 Å². The van der Waals surface area contributed by atoms with Crippen LogP contribution in [0.15, 0.2) is 114 Å². The zero-order valence-corrected chi connectivity index (χ0v) is 23.6. The van der Waals surface area contributed by atoms with Crippen molar-refractivity contribution in [1.82, 2.24) is 4.98 Å². The molecule has 1 N–H and O–H groups in total. The lowest BCUT2D eigenvalue weighted by Crippen LogP contribution is -2.33. The number of rotatable bonds is 12. The molecule has 0 aliphatic heterocycles. The Morgan fingerprint density at radius 1 is 0.857 bits per heavy atom. The van der Waals surface area contributed by atoms with Crippen molar-refractivity contribution in [3.63, 3.8) is 0 Å². The molecule has 1 heterocycles. The normalized spacial score (nSPS) is 11.5. The molecule has 0 saturated carbocycles. The number of aromatic nitrogens is 1. The molecule has 0 aliphatic rings. The molecule has 4 aromatic carbocycles. The van der Waals surface area contributed by atoms with Crippen LogP contribution in [0, 0.1) is 6.92 Å². The van der Waals surface area contributed by atoms with Crippen LogP contribution >= 0.6 is 0 Å². The van der Waals surface area contributed by atoms with Crippen molar-refractivity contribution in [3.05, 3.63) is 137 Å². The fourth-order valence-corrected chi connectivity index (χ4v) is 4.66. The predicted molar refractivity (Wildman–Crippen MR) is 162 cm³/mol. The third-order valence-electron chi connectivity index (χ3n) is 6.91. The first-order valence-electron chi connectivity index (χ1n) is 13.8. The summed E-state index contributed by atoms with van der Waals surface area (Å²) in [6.45, 7) is 2.35. The zero-order chi connectivity index (χ0) is 29.3. The molecule has 0 unspecified atom stereocenters. The van der Waals surface area contributed by atoms with E-state index in [0.29, 0.717) is 47.9 Å². The van der Waals surface area contributed by atoms with E-state index in [1.807, 2.05) is 85.8 Å². The van der Waals surface area contributed by atoms with Crippen molar-refractivity contribution in [3.8, 4) is 17.2 Å². The summed E-state index contributed by atoms with van der Waals surface area (Å²) < 4.78 is 16.9. The van der Waals surface area contributed by atoms with E-state index >= 15 is 0 Å². The molecule has 0 bridgehead atoms. The lowest BCUT2D eigenvalue weighted by atomic mass is 10.00. The van der Waals surface area contributed by atoms with E-state index in [-0.39, 0.29) is 5.78 Å². The van der Waals surface area contributed by atoms with E-state index < -0.39 is 12.0 Å². The lowest BCUT2D eigenvalue weighted by molar-refractivity contribution is -0.141. The van der Waals surface area contributed by atoms with E-state index in [9.17, 15) is 9.59 Å². The summed E-state index contributed by atoms with van der Waals surface area (Å²) in [6.07, 6.45) is 0.973. The van der Waals surface area contributed by atoms with Crippen molar-refractivity contribution < 1.29 is 23.5 Å². The van der Waals surface area contributed by atoms with Gasteiger partial charge in [0, 0.05) is 35.2 Å². The van der Waals surface area contributed by atoms with Gasteiger partial charge >= 0.3 is 5.97 Å². The Bertz CT molecular complexity index is 1630. The van der Waals surface area contributed by atoms with Crippen LogP contribution in [-0.2, 0) is 22.4 Å². The minimum atomic E-state index is -0.694. The Hall–Kier alpha value is -5.17. The quantitative estimate of drug-likeness (QED) is 0.134. The van der Waals surface area contributed by atoms with Crippen LogP contribution in [0.1, 0.15) is 32.9 Å². The van der Waals surface area contributed by atoms with Gasteiger partial charge in [0.1, 0.15) is 17.6 Å². The second-order valence-corrected chi connectivity index (χ2v) is 9.80. The number of para-hydroxylation sites is 1. The van der Waals surface area contributed by atoms with Crippen LogP contribution < -0.4 is 10.1 Å². The van der Waals surface area contributed by atoms with Crippen molar-refractivity contribution in [1.29, 1.82) is 0 Å². The maximum atomic E-state index is 13.2. The number of nitrogens with zero attached hydrogens (tertiary/aromatic N) is 1. The highest BCUT2D eigenvalue weighted by Crippen LogP contribution is 2.24. The number of methoxy groups -OCH3 is 1. The third-order valence-corrected chi connectivity index (χ3v) is 6.91. The van der Waals surface area contributed by atoms with Gasteiger partial charge in [0.15, 0.2) is 5.78 Å². The summed E-state index contributed by atoms with van der Waals surface area (Å²) in [5.41, 5.74) is 4.35. The Kier molecular flexibility index (Phi) is 9.09. The first kappa shape index (κ1) is 28.4. The number of carbonyl (C=O) groups excluding carboxylic acids is 2. The van der Waals surface area contributed by atoms with Crippen molar-refractivity contribution >= 4 is 17.4 Å². The Morgan fingerprint density at radius 3 is 2.24 bits per heavy atom. The van der Waals surface area contributed by atoms with Crippen LogP contribution in [0.3, 0.4) is 0 Å². The molecule has 0 fully saturated rings. The zero-order valence-electron chi connectivity index (χ0n) is 23.6. The fourth-order valence-electron chi connectivity index (χ4n) is 4.66. The van der Waals surface area contributed by atoms with Gasteiger partial charge in [-0.15, -0.1) is 0 Å². The molecule has 1 atom stereocenters. The van der Waals surface area contributed by atoms with Gasteiger partial charge < -0.3 is 19.2 Å². The molecule has 7 heteroatoms. The molecule has 42 heavy (non-hydrogen) atoms. The average molecular weight is 561 g/mol. The van der Waals surface area contributed by atoms with Crippen molar-refractivity contribution in [2.75, 3.05) is 19.0 Å². The number of carbonyl (C=O) groups is 2. The molecule has 5 aromatic rings. The largest absolute Gasteiger partial charge is 0.493 e. The summed E-state index contributed by atoms with van der Waals surface area (Å²) in [7, 11) is 1.36. The molecule has 212 valence electrons. The minimum absolute atomic E-state index is 0.124. The second kappa shape index (κ2) is 13.5. The highest BCUT2D eigenvalue weighted by atomic mass is 16.5. The summed E-state index contributed by atoms with van der Waals surface area (Å²) in [4.78, 5) is 30.5. The van der Waals surface area contributed by atoms with Gasteiger partial charge in [-0.2, -0.15) is 0 Å². The van der Waals surface area contributed by atoms with Gasteiger partial charge in [0.2, 0.25) is 5.89 Å². The monoisotopic (exact) mass is 560 g/mol. The molecule has 0 amide bonds. The van der Waals surface area contributed by atoms with Gasteiger partial charge in [-0.3, -0.25) is 4.79 Å². The SMILES string of the molecule is COC(=O)[C@H](Cc1ccc(OCCc2nc(-c3ccccc3)oc2C)cc1)Nc1ccccc1C(=O)c1ccccc1. The Balaban J connectivity index is 1.21. The molecule has 0 saturated heterocycles. The number of hydrogen-bond donors (Lipinski definition) is 1. The number of aryl methyl sites for hydroxylation is 1. The van der Waals surface area contributed by atoms with Crippen LogP contribution in [0.25, 0.3) is 11.5 Å². The van der Waals surface area contributed by atoms with Gasteiger partial charge in [0.05, 0.1) is 19.4 Å². The maximum absolute atomic E-state index is 13.2. The Morgan fingerprint density at radius 2 is 1.52 bits per heavy atom. The van der Waals surface area contributed by atoms with Crippen LogP contribution in [0.5, 0.6) is 5.75 Å². The van der Waals surface area contributed by atoms with Crippen molar-refractivity contribution in [2.24, 2.45) is 0 Å². The van der Waals surface area contributed by atoms with E-state index in [1.165, 1.54) is 7.11 Å². The highest BCUT2D eigenvalue weighted by molar-refractivity contribution is 6.12. The molecular formula is C35H32N2O5. The maximum Gasteiger partial charge on any atom is 0.328 e. The predicted octanol–water partition coefficient (Wildman–Crippen LogP) is 6.70. The van der Waals surface area contributed by atoms with Gasteiger partial charge in [-0.1, -0.05) is 72.8 Å². The number of oxazole rings is 1. The Labute approximate surface area is 245 Å². The number of ether oxygens (including phenoxy) is 2. The highest BCUT2D eigenvalue weighted by Gasteiger charge is 2.22. The van der Waals surface area contributed by atoms with E-state index in [1.54, 1.807) is 30.3 Å². The molecule has 7 nitrogen and oxygen atoms in total. The van der Waals surface area contributed by atoms with Crippen LogP contribution in [0.4, 0.5) is 5.69 Å². The van der Waals surface area contributed by atoms with Crippen molar-refractivity contribution in [2.45, 2.75) is 25.8 Å². The number of benzene rings is 4. The standard InChI is InChI=1S/C35H32N2O5/c1-24-30(37-34(42-24)27-13-7-4-8-14-27)21-22-41-28-19-17-25(18-20-28)23-32(35(39)40-2)36-31-16-10-9-15-29(31)33(38)26-11-5-3-6-12-26/h3-20,32,36H,21-23H2,1-2H3/t32-/m0/s1. The number of ketones is 1. The van der Waals surface area contributed by atoms with Gasteiger partial charge in [-0.05, 0) is 48.9 Å². The molecule has 0 spiro atoms. The number of hydrogen-bond acceptors (Lipinski definition) is 7. The third kappa shape index (κ3) is 6.93. The van der Waals surface area contributed by atoms with E-state index in [4.69, 9.17) is 13.9 Å². The average Bonchev–Trinajstić information content (AvgIpc) is 3.42. The second-order valence-electron chi connectivity index (χ2n) is 9.80. The summed E-state index contributed by atoms with van der Waals surface area (Å²) in [6, 6.07) is 32.9. The lowest BCUT2D eigenvalue weighted by Gasteiger charge is -2.20. The smallest absolute Gasteiger partial charge is 0.328 e. The summed E-state index contributed by atoms with van der Waals surface area (Å²) in [5, 5.41) is 3.24. The first-order valence-corrected chi connectivity index (χ1v) is 13.8. The van der Waals surface area contributed by atoms with E-state index in [0.717, 1.165) is 22.6 Å². The van der Waals surface area contributed by atoms with E-state index in [2.05, 4.69) is 10.3 Å². The molecule has 0 aliphatic carbocycles.